The van der Waals surface area contributed by atoms with Crippen LogP contribution < -0.4 is 15.6 Å². The van der Waals surface area contributed by atoms with E-state index < -0.39 is 11.8 Å². The monoisotopic (exact) mass is 530 g/mol. The summed E-state index contributed by atoms with van der Waals surface area (Å²) in [5, 5.41) is 9.83. The predicted octanol–water partition coefficient (Wildman–Crippen LogP) is 3.48. The number of benzene rings is 2. The number of carbonyl (C=O) groups excluding carboxylic acids is 3. The minimum atomic E-state index is -0.687. The van der Waals surface area contributed by atoms with E-state index >= 15 is 0 Å². The topological polar surface area (TPSA) is 116 Å². The number of hydrogen-bond acceptors (Lipinski definition) is 8. The molecule has 2 heterocycles. The Morgan fingerprint density at radius 2 is 1.82 bits per heavy atom. The summed E-state index contributed by atoms with van der Waals surface area (Å²) in [5.74, 6) is -1.17. The third kappa shape index (κ3) is 5.95. The molecule has 0 unspecified atom stereocenters. The van der Waals surface area contributed by atoms with Crippen molar-refractivity contribution in [3.05, 3.63) is 88.4 Å². The van der Waals surface area contributed by atoms with Crippen LogP contribution in [0.15, 0.2) is 81.9 Å². The Kier molecular flexibility index (Phi) is 7.97. The van der Waals surface area contributed by atoms with Crippen molar-refractivity contribution < 1.29 is 19.2 Å². The fourth-order valence-corrected chi connectivity index (χ4v) is 4.43. The van der Waals surface area contributed by atoms with Gasteiger partial charge in [0.2, 0.25) is 5.91 Å². The number of hydrazine groups is 1. The van der Waals surface area contributed by atoms with Gasteiger partial charge >= 0.3 is 0 Å². The fraction of sp³-hybridized carbons (Fsp3) is 0.148. The third-order valence-corrected chi connectivity index (χ3v) is 6.23. The second-order valence-corrected chi connectivity index (χ2v) is 9.31. The summed E-state index contributed by atoms with van der Waals surface area (Å²) >= 11 is 1.23. The van der Waals surface area contributed by atoms with Crippen LogP contribution in [0.2, 0.25) is 0 Å². The molecule has 0 radical (unpaired) electrons. The Morgan fingerprint density at radius 1 is 1.11 bits per heavy atom. The first kappa shape index (κ1) is 26.3. The van der Waals surface area contributed by atoms with Crippen molar-refractivity contribution in [2.24, 2.45) is 10.1 Å². The quantitative estimate of drug-likeness (QED) is 0.263. The number of aliphatic imine (C=N–C) groups is 1. The molecule has 0 saturated carbocycles. The van der Waals surface area contributed by atoms with Gasteiger partial charge in [0.05, 0.1) is 5.00 Å². The Balaban J connectivity index is 1.65. The maximum atomic E-state index is 13.5. The first-order valence-corrected chi connectivity index (χ1v) is 12.4. The van der Waals surface area contributed by atoms with Crippen molar-refractivity contribution in [2.45, 2.75) is 6.92 Å². The normalized spacial score (nSPS) is 14.4. The molecule has 3 aromatic rings. The zero-order valence-electron chi connectivity index (χ0n) is 21.3. The lowest BCUT2D eigenvalue weighted by atomic mass is 10.1. The average Bonchev–Trinajstić information content (AvgIpc) is 3.47. The summed E-state index contributed by atoms with van der Waals surface area (Å²) in [4.78, 5) is 49.6. The first-order chi connectivity index (χ1) is 18.3. The number of nitrogens with zero attached hydrogens (tertiary/aromatic N) is 4. The van der Waals surface area contributed by atoms with Crippen molar-refractivity contribution in [2.75, 3.05) is 31.4 Å². The van der Waals surface area contributed by atoms with Crippen LogP contribution in [0.4, 0.5) is 10.7 Å². The van der Waals surface area contributed by atoms with Crippen LogP contribution in [0, 0.1) is 0 Å². The van der Waals surface area contributed by atoms with Crippen molar-refractivity contribution in [1.82, 2.24) is 10.4 Å². The van der Waals surface area contributed by atoms with E-state index in [1.165, 1.54) is 25.4 Å². The molecule has 1 aliphatic heterocycles. The largest absolute Gasteiger partial charge is 0.398 e. The SMILES string of the molecule is CO/N=C(/C(=O)NN1C(=O)/C(=C\c2ccc(N(C)C)cc2)N=C1c1ccccc1)c1csc(NC(C)=O)c1. The molecule has 194 valence electrons. The van der Waals surface area contributed by atoms with Gasteiger partial charge in [-0.3, -0.25) is 19.8 Å². The van der Waals surface area contributed by atoms with E-state index in [0.29, 0.717) is 16.1 Å². The van der Waals surface area contributed by atoms with Crippen LogP contribution in [0.1, 0.15) is 23.6 Å². The first-order valence-electron chi connectivity index (χ1n) is 11.5. The fourth-order valence-electron chi connectivity index (χ4n) is 3.60. The van der Waals surface area contributed by atoms with Gasteiger partial charge in [0, 0.05) is 43.2 Å². The molecule has 11 heteroatoms. The van der Waals surface area contributed by atoms with Crippen molar-refractivity contribution in [3.63, 3.8) is 0 Å². The Labute approximate surface area is 223 Å². The molecular weight excluding hydrogens is 504 g/mol. The van der Waals surface area contributed by atoms with Gasteiger partial charge in [-0.15, -0.1) is 11.3 Å². The predicted molar refractivity (Wildman–Crippen MR) is 149 cm³/mol. The van der Waals surface area contributed by atoms with Gasteiger partial charge in [-0.25, -0.2) is 4.99 Å². The summed E-state index contributed by atoms with van der Waals surface area (Å²) in [7, 11) is 5.21. The number of carbonyl (C=O) groups is 3. The number of oxime groups is 1. The van der Waals surface area contributed by atoms with E-state index in [1.54, 1.807) is 29.7 Å². The summed E-state index contributed by atoms with van der Waals surface area (Å²) in [5.41, 5.74) is 5.58. The molecule has 0 bridgehead atoms. The molecule has 38 heavy (non-hydrogen) atoms. The van der Waals surface area contributed by atoms with Crippen LogP contribution in [0.3, 0.4) is 0 Å². The maximum absolute atomic E-state index is 13.5. The number of nitrogens with one attached hydrogen (secondary N) is 2. The number of anilines is 2. The summed E-state index contributed by atoms with van der Waals surface area (Å²) < 4.78 is 0. The highest BCUT2D eigenvalue weighted by Gasteiger charge is 2.34. The number of amidine groups is 1. The van der Waals surface area contributed by atoms with Gasteiger partial charge in [0.15, 0.2) is 11.5 Å². The Bertz CT molecular complexity index is 1440. The molecule has 3 amide bonds. The van der Waals surface area contributed by atoms with E-state index in [2.05, 4.69) is 20.9 Å². The van der Waals surface area contributed by atoms with E-state index in [9.17, 15) is 14.4 Å². The van der Waals surface area contributed by atoms with E-state index in [4.69, 9.17) is 4.84 Å². The molecule has 2 N–H and O–H groups in total. The summed E-state index contributed by atoms with van der Waals surface area (Å²) in [6.45, 7) is 1.39. The van der Waals surface area contributed by atoms with E-state index in [-0.39, 0.29) is 23.2 Å². The average molecular weight is 531 g/mol. The molecule has 0 fully saturated rings. The van der Waals surface area contributed by atoms with E-state index in [1.807, 2.05) is 61.5 Å². The van der Waals surface area contributed by atoms with Crippen LogP contribution in [0.5, 0.6) is 0 Å². The van der Waals surface area contributed by atoms with Crippen molar-refractivity contribution in [3.8, 4) is 0 Å². The number of hydrogen-bond donors (Lipinski definition) is 2. The second-order valence-electron chi connectivity index (χ2n) is 8.40. The van der Waals surface area contributed by atoms with Gasteiger partial charge in [-0.05, 0) is 29.8 Å². The molecule has 2 aromatic carbocycles. The van der Waals surface area contributed by atoms with Crippen LogP contribution >= 0.6 is 11.3 Å². The van der Waals surface area contributed by atoms with Crippen molar-refractivity contribution in [1.29, 1.82) is 0 Å². The molecule has 1 aromatic heterocycles. The molecule has 0 spiro atoms. The summed E-state index contributed by atoms with van der Waals surface area (Å²) in [6, 6.07) is 18.3. The molecule has 4 rings (SSSR count). The van der Waals surface area contributed by atoms with Gasteiger partial charge < -0.3 is 15.1 Å². The number of amides is 3. The lowest BCUT2D eigenvalue weighted by Gasteiger charge is -2.19. The minimum Gasteiger partial charge on any atom is -0.398 e. The smallest absolute Gasteiger partial charge is 0.297 e. The lowest BCUT2D eigenvalue weighted by molar-refractivity contribution is -0.130. The highest BCUT2D eigenvalue weighted by Crippen LogP contribution is 2.24. The molecular formula is C27H26N6O4S. The molecule has 0 saturated heterocycles. The number of thiophene rings is 1. The molecule has 0 atom stereocenters. The standard InChI is InChI=1S/C27H26N6O4S/c1-17(34)28-23-15-20(16-38-23)24(31-37-4)26(35)30-33-25(19-8-6-5-7-9-19)29-22(27(33)36)14-18-10-12-21(13-11-18)32(2)3/h5-16H,1-4H3,(H,28,34)(H,30,35)/b22-14+,31-24+. The highest BCUT2D eigenvalue weighted by molar-refractivity contribution is 7.14. The van der Waals surface area contributed by atoms with E-state index in [0.717, 1.165) is 16.3 Å². The third-order valence-electron chi connectivity index (χ3n) is 5.39. The lowest BCUT2D eigenvalue weighted by Crippen LogP contribution is -2.49. The Hall–Kier alpha value is -4.77. The molecule has 0 aliphatic carbocycles. The molecule has 1 aliphatic rings. The van der Waals surface area contributed by atoms with Crippen molar-refractivity contribution >= 4 is 57.4 Å². The summed E-state index contributed by atoms with van der Waals surface area (Å²) in [6.07, 6.45) is 1.67. The van der Waals surface area contributed by atoms with Crippen LogP contribution in [-0.2, 0) is 19.2 Å². The van der Waals surface area contributed by atoms with Gasteiger partial charge in [-0.1, -0.05) is 47.6 Å². The Morgan fingerprint density at radius 3 is 2.45 bits per heavy atom. The van der Waals surface area contributed by atoms with Gasteiger partial charge in [0.1, 0.15) is 12.8 Å². The zero-order chi connectivity index (χ0) is 27.2. The van der Waals surface area contributed by atoms with Crippen LogP contribution in [-0.4, -0.2) is 55.5 Å². The van der Waals surface area contributed by atoms with Gasteiger partial charge in [0.25, 0.3) is 11.8 Å². The van der Waals surface area contributed by atoms with Crippen LogP contribution in [0.25, 0.3) is 6.08 Å². The highest BCUT2D eigenvalue weighted by atomic mass is 32.1. The zero-order valence-corrected chi connectivity index (χ0v) is 22.1. The second kappa shape index (κ2) is 11.5. The maximum Gasteiger partial charge on any atom is 0.297 e. The molecule has 10 nitrogen and oxygen atoms in total. The van der Waals surface area contributed by atoms with Gasteiger partial charge in [-0.2, -0.15) is 5.01 Å². The number of rotatable bonds is 8. The minimum absolute atomic E-state index is 0.0720.